The molecule has 0 aliphatic heterocycles. The Balaban J connectivity index is 1.94. The van der Waals surface area contributed by atoms with E-state index < -0.39 is 22.4 Å². The number of nitrogens with zero attached hydrogens (tertiary/aromatic N) is 1. The van der Waals surface area contributed by atoms with Gasteiger partial charge in [-0.1, -0.05) is 17.7 Å². The summed E-state index contributed by atoms with van der Waals surface area (Å²) in [6, 6.07) is 9.07. The van der Waals surface area contributed by atoms with Crippen LogP contribution >= 0.6 is 11.6 Å². The molecule has 0 bridgehead atoms. The van der Waals surface area contributed by atoms with Gasteiger partial charge < -0.3 is 4.74 Å². The van der Waals surface area contributed by atoms with Gasteiger partial charge >= 0.3 is 0 Å². The third-order valence-electron chi connectivity index (χ3n) is 3.28. The molecule has 2 aromatic rings. The first kappa shape index (κ1) is 19.2. The molecule has 2 aromatic carbocycles. The van der Waals surface area contributed by atoms with Crippen molar-refractivity contribution < 1.29 is 19.2 Å². The second-order valence-electron chi connectivity index (χ2n) is 5.53. The van der Waals surface area contributed by atoms with Gasteiger partial charge in [0.25, 0.3) is 17.5 Å². The van der Waals surface area contributed by atoms with Crippen molar-refractivity contribution in [1.29, 1.82) is 0 Å². The van der Waals surface area contributed by atoms with Crippen LogP contribution in [0.3, 0.4) is 0 Å². The van der Waals surface area contributed by atoms with Crippen LogP contribution in [0.4, 0.5) is 5.69 Å². The number of rotatable bonds is 5. The van der Waals surface area contributed by atoms with Crippen LogP contribution in [-0.4, -0.2) is 23.3 Å². The molecular formula is C17H16ClN3O5. The molecule has 0 saturated heterocycles. The molecule has 2 rings (SSSR count). The zero-order chi connectivity index (χ0) is 19.3. The van der Waals surface area contributed by atoms with Crippen molar-refractivity contribution in [2.45, 2.75) is 13.8 Å². The number of hydrogen-bond donors (Lipinski definition) is 2. The molecule has 0 heterocycles. The van der Waals surface area contributed by atoms with Crippen LogP contribution in [0.25, 0.3) is 0 Å². The zero-order valence-corrected chi connectivity index (χ0v) is 14.8. The number of aryl methyl sites for hydroxylation is 2. The lowest BCUT2D eigenvalue weighted by atomic mass is 10.1. The summed E-state index contributed by atoms with van der Waals surface area (Å²) < 4.78 is 5.36. The first-order valence-electron chi connectivity index (χ1n) is 7.50. The standard InChI is InChI=1S/C17H16ClN3O5/c1-10-5-11(2)7-13(6-10)26-9-16(22)19-20-17(23)14-8-12(18)3-4-15(14)21(24)25/h3-8H,9H2,1-2H3,(H,19,22)(H,20,23). The fraction of sp³-hybridized carbons (Fsp3) is 0.176. The number of amides is 2. The Hall–Kier alpha value is -3.13. The van der Waals surface area contributed by atoms with Crippen LogP contribution in [0.5, 0.6) is 5.75 Å². The number of nitrogens with one attached hydrogen (secondary N) is 2. The van der Waals surface area contributed by atoms with E-state index in [-0.39, 0.29) is 17.2 Å². The van der Waals surface area contributed by atoms with Crippen LogP contribution in [0, 0.1) is 24.0 Å². The summed E-state index contributed by atoms with van der Waals surface area (Å²) in [5.74, 6) is -0.962. The number of carbonyl (C=O) groups excluding carboxylic acids is 2. The maximum Gasteiger partial charge on any atom is 0.282 e. The van der Waals surface area contributed by atoms with E-state index in [0.717, 1.165) is 23.3 Å². The maximum absolute atomic E-state index is 12.1. The second-order valence-corrected chi connectivity index (χ2v) is 5.97. The Morgan fingerprint density at radius 3 is 2.38 bits per heavy atom. The normalized spacial score (nSPS) is 10.1. The molecule has 0 unspecified atom stereocenters. The summed E-state index contributed by atoms with van der Waals surface area (Å²) in [4.78, 5) is 34.1. The largest absolute Gasteiger partial charge is 0.484 e. The van der Waals surface area contributed by atoms with Gasteiger partial charge in [-0.05, 0) is 49.2 Å². The number of hydrogen-bond acceptors (Lipinski definition) is 5. The van der Waals surface area contributed by atoms with Gasteiger partial charge in [0.15, 0.2) is 6.61 Å². The third-order valence-corrected chi connectivity index (χ3v) is 3.52. The summed E-state index contributed by atoms with van der Waals surface area (Å²) in [6.07, 6.45) is 0. The van der Waals surface area contributed by atoms with E-state index in [1.54, 1.807) is 12.1 Å². The predicted octanol–water partition coefficient (Wildman–Crippen LogP) is 2.71. The number of nitro benzene ring substituents is 1. The van der Waals surface area contributed by atoms with E-state index >= 15 is 0 Å². The molecule has 26 heavy (non-hydrogen) atoms. The van der Waals surface area contributed by atoms with Crippen molar-refractivity contribution in [3.8, 4) is 5.75 Å². The summed E-state index contributed by atoms with van der Waals surface area (Å²) in [5.41, 5.74) is 5.52. The molecular weight excluding hydrogens is 362 g/mol. The first-order chi connectivity index (χ1) is 12.3. The van der Waals surface area contributed by atoms with Gasteiger partial charge in [0.05, 0.1) is 4.92 Å². The zero-order valence-electron chi connectivity index (χ0n) is 14.0. The SMILES string of the molecule is Cc1cc(C)cc(OCC(=O)NNC(=O)c2cc(Cl)ccc2[N+](=O)[O-])c1. The van der Waals surface area contributed by atoms with Gasteiger partial charge in [0.1, 0.15) is 11.3 Å². The molecule has 0 aliphatic rings. The van der Waals surface area contributed by atoms with E-state index in [4.69, 9.17) is 16.3 Å². The van der Waals surface area contributed by atoms with Crippen molar-refractivity contribution >= 4 is 29.1 Å². The smallest absolute Gasteiger partial charge is 0.282 e. The number of ether oxygens (including phenoxy) is 1. The van der Waals surface area contributed by atoms with Gasteiger partial charge in [0, 0.05) is 11.1 Å². The molecule has 136 valence electrons. The lowest BCUT2D eigenvalue weighted by Crippen LogP contribution is -2.44. The number of halogens is 1. The third kappa shape index (κ3) is 5.18. The fourth-order valence-electron chi connectivity index (χ4n) is 2.24. The van der Waals surface area contributed by atoms with Crippen molar-refractivity contribution in [2.24, 2.45) is 0 Å². The van der Waals surface area contributed by atoms with Crippen molar-refractivity contribution in [3.63, 3.8) is 0 Å². The van der Waals surface area contributed by atoms with Crippen molar-refractivity contribution in [3.05, 3.63) is 68.2 Å². The van der Waals surface area contributed by atoms with Gasteiger partial charge in [-0.3, -0.25) is 30.6 Å². The molecule has 0 aliphatic carbocycles. The van der Waals surface area contributed by atoms with Gasteiger partial charge in [0.2, 0.25) is 0 Å². The minimum absolute atomic E-state index is 0.158. The van der Waals surface area contributed by atoms with Gasteiger partial charge in [-0.25, -0.2) is 0 Å². The van der Waals surface area contributed by atoms with Crippen LogP contribution < -0.4 is 15.6 Å². The van der Waals surface area contributed by atoms with Gasteiger partial charge in [-0.2, -0.15) is 0 Å². The molecule has 9 heteroatoms. The highest BCUT2D eigenvalue weighted by Crippen LogP contribution is 2.22. The number of carbonyl (C=O) groups is 2. The van der Waals surface area contributed by atoms with Gasteiger partial charge in [-0.15, -0.1) is 0 Å². The average molecular weight is 378 g/mol. The number of hydrazine groups is 1. The van der Waals surface area contributed by atoms with Crippen molar-refractivity contribution in [2.75, 3.05) is 6.61 Å². The summed E-state index contributed by atoms with van der Waals surface area (Å²) >= 11 is 5.76. The molecule has 8 nitrogen and oxygen atoms in total. The molecule has 0 atom stereocenters. The fourth-order valence-corrected chi connectivity index (χ4v) is 2.42. The van der Waals surface area contributed by atoms with Crippen LogP contribution in [-0.2, 0) is 4.79 Å². The highest BCUT2D eigenvalue weighted by molar-refractivity contribution is 6.31. The summed E-state index contributed by atoms with van der Waals surface area (Å²) in [7, 11) is 0. The van der Waals surface area contributed by atoms with E-state index in [1.807, 2.05) is 19.9 Å². The molecule has 2 amide bonds. The minimum Gasteiger partial charge on any atom is -0.484 e. The quantitative estimate of drug-likeness (QED) is 0.614. The van der Waals surface area contributed by atoms with Crippen molar-refractivity contribution in [1.82, 2.24) is 10.9 Å². The molecule has 0 spiro atoms. The van der Waals surface area contributed by atoms with E-state index in [1.165, 1.54) is 6.07 Å². The monoisotopic (exact) mass is 377 g/mol. The molecule has 0 radical (unpaired) electrons. The molecule has 0 saturated carbocycles. The summed E-state index contributed by atoms with van der Waals surface area (Å²) in [5, 5.41) is 11.1. The topological polar surface area (TPSA) is 111 Å². The number of benzene rings is 2. The Morgan fingerprint density at radius 2 is 1.77 bits per heavy atom. The Labute approximate surface area is 154 Å². The second kappa shape index (κ2) is 8.30. The Bertz CT molecular complexity index is 849. The number of nitro groups is 1. The highest BCUT2D eigenvalue weighted by Gasteiger charge is 2.20. The Kier molecular flexibility index (Phi) is 6.13. The minimum atomic E-state index is -0.862. The molecule has 0 fully saturated rings. The van der Waals surface area contributed by atoms with E-state index in [0.29, 0.717) is 5.75 Å². The lowest BCUT2D eigenvalue weighted by Gasteiger charge is -2.10. The van der Waals surface area contributed by atoms with E-state index in [9.17, 15) is 19.7 Å². The van der Waals surface area contributed by atoms with Crippen LogP contribution in [0.1, 0.15) is 21.5 Å². The summed E-state index contributed by atoms with van der Waals surface area (Å²) in [6.45, 7) is 3.47. The maximum atomic E-state index is 12.1. The molecule has 0 aromatic heterocycles. The van der Waals surface area contributed by atoms with Crippen LogP contribution in [0.2, 0.25) is 5.02 Å². The average Bonchev–Trinajstić information content (AvgIpc) is 2.56. The first-order valence-corrected chi connectivity index (χ1v) is 7.88. The Morgan fingerprint density at radius 1 is 1.12 bits per heavy atom. The van der Waals surface area contributed by atoms with Crippen LogP contribution in [0.15, 0.2) is 36.4 Å². The van der Waals surface area contributed by atoms with E-state index in [2.05, 4.69) is 10.9 Å². The highest BCUT2D eigenvalue weighted by atomic mass is 35.5. The lowest BCUT2D eigenvalue weighted by molar-refractivity contribution is -0.385. The molecule has 2 N–H and O–H groups in total. The predicted molar refractivity (Wildman–Crippen MR) is 95.1 cm³/mol.